The fourth-order valence-corrected chi connectivity index (χ4v) is 4.35. The highest BCUT2D eigenvalue weighted by molar-refractivity contribution is 7.19. The van der Waals surface area contributed by atoms with Gasteiger partial charge < -0.3 is 10.5 Å². The maximum Gasteiger partial charge on any atom is 0.120 e. The molecule has 3 rings (SSSR count). The van der Waals surface area contributed by atoms with Crippen molar-refractivity contribution >= 4 is 21.4 Å². The van der Waals surface area contributed by atoms with Gasteiger partial charge in [0.25, 0.3) is 0 Å². The molecule has 0 unspecified atom stereocenters. The van der Waals surface area contributed by atoms with Gasteiger partial charge in [-0.1, -0.05) is 12.8 Å². The van der Waals surface area contributed by atoms with Gasteiger partial charge in [-0.15, -0.1) is 11.3 Å². The van der Waals surface area contributed by atoms with Gasteiger partial charge in [-0.25, -0.2) is 0 Å². The quantitative estimate of drug-likeness (QED) is 0.914. The zero-order chi connectivity index (χ0) is 12.6. The minimum atomic E-state index is 0.247. The number of benzene rings is 1. The topological polar surface area (TPSA) is 35.2 Å². The van der Waals surface area contributed by atoms with Gasteiger partial charge in [0.2, 0.25) is 0 Å². The molecule has 0 radical (unpaired) electrons. The summed E-state index contributed by atoms with van der Waals surface area (Å²) >= 11 is 1.89. The number of thiophene rings is 1. The van der Waals surface area contributed by atoms with E-state index in [1.165, 1.54) is 40.6 Å². The molecule has 0 saturated heterocycles. The number of hydrogen-bond acceptors (Lipinski definition) is 3. The number of methoxy groups -OCH3 is 1. The number of hydrogen-bond donors (Lipinski definition) is 1. The average Bonchev–Trinajstić information content (AvgIpc) is 3.04. The largest absolute Gasteiger partial charge is 0.497 e. The Hall–Kier alpha value is -1.06. The fourth-order valence-electron chi connectivity index (χ4n) is 3.00. The molecule has 1 heterocycles. The second-order valence-electron chi connectivity index (χ2n) is 5.21. The summed E-state index contributed by atoms with van der Waals surface area (Å²) in [6, 6.07) is 8.64. The summed E-state index contributed by atoms with van der Waals surface area (Å²) in [5.41, 5.74) is 6.31. The van der Waals surface area contributed by atoms with Gasteiger partial charge in [0, 0.05) is 21.5 Å². The van der Waals surface area contributed by atoms with E-state index in [9.17, 15) is 0 Å². The molecule has 2 nitrogen and oxygen atoms in total. The highest BCUT2D eigenvalue weighted by Crippen LogP contribution is 2.45. The first-order valence-corrected chi connectivity index (χ1v) is 7.37. The van der Waals surface area contributed by atoms with Crippen LogP contribution >= 0.6 is 11.3 Å². The summed E-state index contributed by atoms with van der Waals surface area (Å²) < 4.78 is 6.60. The average molecular weight is 261 g/mol. The molecule has 0 amide bonds. The molecule has 1 fully saturated rings. The molecule has 2 N–H and O–H groups in total. The highest BCUT2D eigenvalue weighted by atomic mass is 32.1. The summed E-state index contributed by atoms with van der Waals surface area (Å²) in [4.78, 5) is 1.46. The van der Waals surface area contributed by atoms with Crippen LogP contribution in [-0.4, -0.2) is 13.7 Å². The lowest BCUT2D eigenvalue weighted by atomic mass is 9.84. The van der Waals surface area contributed by atoms with Crippen molar-refractivity contribution in [2.24, 2.45) is 5.73 Å². The lowest BCUT2D eigenvalue weighted by Crippen LogP contribution is -2.30. The lowest BCUT2D eigenvalue weighted by Gasteiger charge is -2.25. The molecule has 1 aromatic heterocycles. The van der Waals surface area contributed by atoms with Crippen molar-refractivity contribution in [3.63, 3.8) is 0 Å². The van der Waals surface area contributed by atoms with E-state index in [2.05, 4.69) is 18.2 Å². The van der Waals surface area contributed by atoms with Crippen LogP contribution in [0.15, 0.2) is 24.3 Å². The highest BCUT2D eigenvalue weighted by Gasteiger charge is 2.35. The van der Waals surface area contributed by atoms with Crippen LogP contribution in [0.25, 0.3) is 10.1 Å². The monoisotopic (exact) mass is 261 g/mol. The van der Waals surface area contributed by atoms with Crippen molar-refractivity contribution in [3.05, 3.63) is 29.1 Å². The Morgan fingerprint density at radius 1 is 1.28 bits per heavy atom. The molecule has 96 valence electrons. The molecule has 0 atom stereocenters. The van der Waals surface area contributed by atoms with E-state index in [4.69, 9.17) is 10.5 Å². The number of fused-ring (bicyclic) bond motifs is 1. The maximum atomic E-state index is 6.06. The Labute approximate surface area is 112 Å². The van der Waals surface area contributed by atoms with E-state index in [0.29, 0.717) is 0 Å². The van der Waals surface area contributed by atoms with E-state index in [0.717, 1.165) is 12.3 Å². The summed E-state index contributed by atoms with van der Waals surface area (Å²) in [6.07, 6.45) is 5.12. The maximum absolute atomic E-state index is 6.06. The molecule has 0 bridgehead atoms. The third kappa shape index (κ3) is 1.82. The van der Waals surface area contributed by atoms with Crippen molar-refractivity contribution in [1.29, 1.82) is 0 Å². The van der Waals surface area contributed by atoms with Crippen LogP contribution in [0, 0.1) is 0 Å². The van der Waals surface area contributed by atoms with E-state index in [1.54, 1.807) is 7.11 Å². The van der Waals surface area contributed by atoms with Crippen LogP contribution in [-0.2, 0) is 5.41 Å². The van der Waals surface area contributed by atoms with E-state index in [1.807, 2.05) is 17.4 Å². The van der Waals surface area contributed by atoms with Gasteiger partial charge in [0.15, 0.2) is 0 Å². The Kier molecular flexibility index (Phi) is 3.04. The molecule has 18 heavy (non-hydrogen) atoms. The summed E-state index contributed by atoms with van der Waals surface area (Å²) in [6.45, 7) is 0.775. The normalized spacial score (nSPS) is 18.3. The SMILES string of the molecule is COc1ccc2cc(C3(CN)CCCC3)sc2c1. The number of nitrogens with two attached hydrogens (primary N) is 1. The predicted octanol–water partition coefficient (Wildman–Crippen LogP) is 3.68. The minimum Gasteiger partial charge on any atom is -0.497 e. The third-order valence-corrected chi connectivity index (χ3v) is 5.55. The standard InChI is InChI=1S/C15H19NOS/c1-17-12-5-4-11-8-14(18-13(11)9-12)15(10-16)6-2-3-7-15/h4-5,8-9H,2-3,6-7,10,16H2,1H3. The Morgan fingerprint density at radius 3 is 2.72 bits per heavy atom. The van der Waals surface area contributed by atoms with E-state index >= 15 is 0 Å². The summed E-state index contributed by atoms with van der Waals surface area (Å²) in [5.74, 6) is 0.934. The minimum absolute atomic E-state index is 0.247. The zero-order valence-corrected chi connectivity index (χ0v) is 11.6. The molecule has 1 aromatic carbocycles. The van der Waals surface area contributed by atoms with Gasteiger partial charge in [0.1, 0.15) is 5.75 Å². The third-order valence-electron chi connectivity index (χ3n) is 4.20. The molecular formula is C15H19NOS. The molecule has 1 aliphatic carbocycles. The van der Waals surface area contributed by atoms with E-state index < -0.39 is 0 Å². The fraction of sp³-hybridized carbons (Fsp3) is 0.467. The lowest BCUT2D eigenvalue weighted by molar-refractivity contribution is 0.415. The van der Waals surface area contributed by atoms with Crippen molar-refractivity contribution in [1.82, 2.24) is 0 Å². The smallest absolute Gasteiger partial charge is 0.120 e. The van der Waals surface area contributed by atoms with Crippen LogP contribution in [0.4, 0.5) is 0 Å². The van der Waals surface area contributed by atoms with Gasteiger partial charge in [-0.05, 0) is 42.5 Å². The van der Waals surface area contributed by atoms with Crippen LogP contribution in [0.2, 0.25) is 0 Å². The predicted molar refractivity (Wildman–Crippen MR) is 77.6 cm³/mol. The van der Waals surface area contributed by atoms with Crippen molar-refractivity contribution in [2.75, 3.05) is 13.7 Å². The summed E-state index contributed by atoms with van der Waals surface area (Å²) in [7, 11) is 1.72. The molecule has 3 heteroatoms. The van der Waals surface area contributed by atoms with Crippen LogP contribution in [0.1, 0.15) is 30.6 Å². The summed E-state index contributed by atoms with van der Waals surface area (Å²) in [5, 5.41) is 1.32. The van der Waals surface area contributed by atoms with Crippen molar-refractivity contribution in [2.45, 2.75) is 31.1 Å². The Balaban J connectivity index is 2.07. The van der Waals surface area contributed by atoms with Gasteiger partial charge in [0.05, 0.1) is 7.11 Å². The molecule has 0 aliphatic heterocycles. The first kappa shape index (κ1) is 12.0. The van der Waals surface area contributed by atoms with Crippen LogP contribution in [0.5, 0.6) is 5.75 Å². The second-order valence-corrected chi connectivity index (χ2v) is 6.29. The number of ether oxygens (including phenoxy) is 1. The molecule has 1 aliphatic rings. The van der Waals surface area contributed by atoms with Crippen molar-refractivity contribution < 1.29 is 4.74 Å². The zero-order valence-electron chi connectivity index (χ0n) is 10.7. The van der Waals surface area contributed by atoms with E-state index in [-0.39, 0.29) is 5.41 Å². The second kappa shape index (κ2) is 4.56. The molecule has 1 saturated carbocycles. The molecular weight excluding hydrogens is 242 g/mol. The Bertz CT molecular complexity index is 555. The molecule has 2 aromatic rings. The number of rotatable bonds is 3. The molecule has 0 spiro atoms. The van der Waals surface area contributed by atoms with Crippen LogP contribution in [0.3, 0.4) is 0 Å². The van der Waals surface area contributed by atoms with Crippen LogP contribution < -0.4 is 10.5 Å². The van der Waals surface area contributed by atoms with Gasteiger partial charge in [-0.3, -0.25) is 0 Å². The first-order chi connectivity index (χ1) is 8.77. The van der Waals surface area contributed by atoms with Gasteiger partial charge in [-0.2, -0.15) is 0 Å². The first-order valence-electron chi connectivity index (χ1n) is 6.55. The Morgan fingerprint density at radius 2 is 2.06 bits per heavy atom. The van der Waals surface area contributed by atoms with Gasteiger partial charge >= 0.3 is 0 Å². The van der Waals surface area contributed by atoms with Crippen molar-refractivity contribution in [3.8, 4) is 5.75 Å².